The molecule has 110 valence electrons. The number of H-pyrrole nitrogens is 1. The number of carbonyl (C=O) groups is 1. The van der Waals surface area contributed by atoms with Crippen LogP contribution in [-0.2, 0) is 9.05 Å². The summed E-state index contributed by atoms with van der Waals surface area (Å²) < 4.78 is 28.2. The molecule has 3 rings (SSSR count). The molecule has 0 fully saturated rings. The molecular formula is C12H10ClN3O4S. The van der Waals surface area contributed by atoms with Gasteiger partial charge in [0.1, 0.15) is 12.4 Å². The van der Waals surface area contributed by atoms with Crippen LogP contribution < -0.4 is 10.1 Å². The van der Waals surface area contributed by atoms with E-state index in [1.807, 2.05) is 0 Å². The predicted octanol–water partition coefficient (Wildman–Crippen LogP) is 1.20. The van der Waals surface area contributed by atoms with Crippen molar-refractivity contribution in [2.75, 3.05) is 6.61 Å². The highest BCUT2D eigenvalue weighted by atomic mass is 35.7. The van der Waals surface area contributed by atoms with Gasteiger partial charge in [-0.1, -0.05) is 0 Å². The number of aromatic nitrogens is 2. The quantitative estimate of drug-likeness (QED) is 0.825. The van der Waals surface area contributed by atoms with Crippen molar-refractivity contribution in [2.24, 2.45) is 0 Å². The molecule has 1 aliphatic heterocycles. The van der Waals surface area contributed by atoms with Crippen molar-refractivity contribution < 1.29 is 17.9 Å². The second kappa shape index (κ2) is 5.05. The van der Waals surface area contributed by atoms with Gasteiger partial charge < -0.3 is 10.1 Å². The van der Waals surface area contributed by atoms with Gasteiger partial charge in [0.05, 0.1) is 22.7 Å². The molecular weight excluding hydrogens is 318 g/mol. The molecule has 2 heterocycles. The third-order valence-corrected chi connectivity index (χ3v) is 4.46. The minimum Gasteiger partial charge on any atom is -0.491 e. The van der Waals surface area contributed by atoms with Crippen molar-refractivity contribution in [1.29, 1.82) is 0 Å². The molecule has 0 saturated heterocycles. The minimum absolute atomic E-state index is 0.0315. The van der Waals surface area contributed by atoms with Gasteiger partial charge in [-0.25, -0.2) is 8.42 Å². The Labute approximate surface area is 124 Å². The molecule has 0 spiro atoms. The fraction of sp³-hybridized carbons (Fsp3) is 0.167. The number of aromatic amines is 1. The van der Waals surface area contributed by atoms with E-state index < -0.39 is 15.1 Å². The van der Waals surface area contributed by atoms with Crippen LogP contribution >= 0.6 is 10.7 Å². The fourth-order valence-corrected chi connectivity index (χ4v) is 2.87. The second-order valence-electron chi connectivity index (χ2n) is 4.46. The van der Waals surface area contributed by atoms with Crippen molar-refractivity contribution >= 4 is 25.6 Å². The summed E-state index contributed by atoms with van der Waals surface area (Å²) in [4.78, 5) is 12.0. The molecule has 1 aromatic heterocycles. The number of nitrogens with one attached hydrogen (secondary N) is 2. The van der Waals surface area contributed by atoms with E-state index in [1.54, 1.807) is 0 Å². The van der Waals surface area contributed by atoms with Gasteiger partial charge >= 0.3 is 0 Å². The molecule has 1 aromatic carbocycles. The van der Waals surface area contributed by atoms with Crippen LogP contribution in [0.25, 0.3) is 0 Å². The number of amides is 1. The summed E-state index contributed by atoms with van der Waals surface area (Å²) >= 11 is 0. The van der Waals surface area contributed by atoms with Crippen LogP contribution in [0.1, 0.15) is 22.0 Å². The van der Waals surface area contributed by atoms with E-state index in [1.165, 1.54) is 30.6 Å². The highest BCUT2D eigenvalue weighted by Gasteiger charge is 2.28. The van der Waals surface area contributed by atoms with Crippen molar-refractivity contribution in [3.63, 3.8) is 0 Å². The summed E-state index contributed by atoms with van der Waals surface area (Å²) in [6, 6.07) is 3.85. The van der Waals surface area contributed by atoms with Crippen LogP contribution in [0.5, 0.6) is 5.75 Å². The highest BCUT2D eigenvalue weighted by Crippen LogP contribution is 2.34. The Bertz CT molecular complexity index is 789. The summed E-state index contributed by atoms with van der Waals surface area (Å²) in [7, 11) is 1.50. The lowest BCUT2D eigenvalue weighted by atomic mass is 10.1. The number of hydrogen-bond donors (Lipinski definition) is 2. The number of benzene rings is 1. The van der Waals surface area contributed by atoms with Crippen molar-refractivity contribution in [1.82, 2.24) is 15.5 Å². The Balaban J connectivity index is 1.87. The molecule has 1 aliphatic rings. The zero-order valence-corrected chi connectivity index (χ0v) is 12.1. The third-order valence-electron chi connectivity index (χ3n) is 3.11. The number of ether oxygens (including phenoxy) is 1. The van der Waals surface area contributed by atoms with Crippen LogP contribution in [0.3, 0.4) is 0 Å². The molecule has 0 aliphatic carbocycles. The monoisotopic (exact) mass is 327 g/mol. The maximum atomic E-state index is 12.0. The molecule has 1 unspecified atom stereocenters. The first-order chi connectivity index (χ1) is 9.95. The molecule has 7 nitrogen and oxygen atoms in total. The lowest BCUT2D eigenvalue weighted by Gasteiger charge is -2.11. The lowest BCUT2D eigenvalue weighted by Crippen LogP contribution is -2.29. The van der Waals surface area contributed by atoms with Gasteiger partial charge in [-0.05, 0) is 18.2 Å². The van der Waals surface area contributed by atoms with Crippen LogP contribution in [0.15, 0.2) is 35.5 Å². The Morgan fingerprint density at radius 2 is 2.29 bits per heavy atom. The number of nitrogens with zero attached hydrogens (tertiary/aromatic N) is 1. The van der Waals surface area contributed by atoms with Gasteiger partial charge in [0, 0.05) is 22.4 Å². The Morgan fingerprint density at radius 1 is 1.48 bits per heavy atom. The van der Waals surface area contributed by atoms with E-state index in [0.717, 1.165) is 0 Å². The van der Waals surface area contributed by atoms with Gasteiger partial charge in [0.2, 0.25) is 0 Å². The standard InChI is InChI=1S/C12H10ClN3O4S/c13-21(18,19)8-1-2-11-9(3-8)10(6-20-11)16-12(17)7-4-14-15-5-7/h1-5,10H,6H2,(H,14,15)(H,16,17). The predicted molar refractivity (Wildman–Crippen MR) is 73.8 cm³/mol. The average Bonchev–Trinajstić information content (AvgIpc) is 3.07. The lowest BCUT2D eigenvalue weighted by molar-refractivity contribution is 0.0930. The van der Waals surface area contributed by atoms with Gasteiger partial charge in [-0.3, -0.25) is 9.89 Å². The van der Waals surface area contributed by atoms with E-state index >= 15 is 0 Å². The van der Waals surface area contributed by atoms with Crippen LogP contribution in [0.2, 0.25) is 0 Å². The maximum Gasteiger partial charge on any atom is 0.261 e. The molecule has 2 N–H and O–H groups in total. The summed E-state index contributed by atoms with van der Waals surface area (Å²) in [5, 5.41) is 8.99. The number of halogens is 1. The molecule has 0 radical (unpaired) electrons. The van der Waals surface area contributed by atoms with E-state index in [9.17, 15) is 13.2 Å². The highest BCUT2D eigenvalue weighted by molar-refractivity contribution is 8.13. The smallest absolute Gasteiger partial charge is 0.261 e. The molecule has 2 aromatic rings. The minimum atomic E-state index is -3.83. The first kappa shape index (κ1) is 13.9. The van der Waals surface area contributed by atoms with E-state index in [4.69, 9.17) is 15.4 Å². The Morgan fingerprint density at radius 3 is 2.95 bits per heavy atom. The van der Waals surface area contributed by atoms with Crippen molar-refractivity contribution in [3.8, 4) is 5.75 Å². The fourth-order valence-electron chi connectivity index (χ4n) is 2.08. The molecule has 1 amide bonds. The summed E-state index contributed by atoms with van der Waals surface area (Å²) in [5.41, 5.74) is 0.957. The maximum absolute atomic E-state index is 12.0. The van der Waals surface area contributed by atoms with E-state index in [2.05, 4.69) is 15.5 Å². The summed E-state index contributed by atoms with van der Waals surface area (Å²) in [6.07, 6.45) is 2.86. The topological polar surface area (TPSA) is 101 Å². The largest absolute Gasteiger partial charge is 0.491 e. The number of fused-ring (bicyclic) bond motifs is 1. The van der Waals surface area contributed by atoms with E-state index in [-0.39, 0.29) is 17.4 Å². The third kappa shape index (κ3) is 2.72. The van der Waals surface area contributed by atoms with E-state index in [0.29, 0.717) is 16.9 Å². The average molecular weight is 328 g/mol. The Kier molecular flexibility index (Phi) is 3.34. The van der Waals surface area contributed by atoms with Gasteiger partial charge in [-0.15, -0.1) is 0 Å². The molecule has 0 saturated carbocycles. The van der Waals surface area contributed by atoms with Gasteiger partial charge in [0.25, 0.3) is 15.0 Å². The second-order valence-corrected chi connectivity index (χ2v) is 7.03. The van der Waals surface area contributed by atoms with Gasteiger partial charge in [-0.2, -0.15) is 5.10 Å². The number of rotatable bonds is 3. The van der Waals surface area contributed by atoms with Crippen molar-refractivity contribution in [3.05, 3.63) is 41.7 Å². The number of carbonyl (C=O) groups excluding carboxylic acids is 1. The zero-order chi connectivity index (χ0) is 15.0. The summed E-state index contributed by atoms with van der Waals surface area (Å²) in [5.74, 6) is 0.195. The molecule has 1 atom stereocenters. The zero-order valence-electron chi connectivity index (χ0n) is 10.5. The molecule has 0 bridgehead atoms. The molecule has 21 heavy (non-hydrogen) atoms. The normalized spacial score (nSPS) is 17.1. The van der Waals surface area contributed by atoms with Crippen LogP contribution in [0.4, 0.5) is 0 Å². The summed E-state index contributed by atoms with van der Waals surface area (Å²) in [6.45, 7) is 0.227. The van der Waals surface area contributed by atoms with Crippen molar-refractivity contribution in [2.45, 2.75) is 10.9 Å². The van der Waals surface area contributed by atoms with Gasteiger partial charge in [0.15, 0.2) is 0 Å². The van der Waals surface area contributed by atoms with Crippen LogP contribution in [-0.4, -0.2) is 31.1 Å². The number of hydrogen-bond acceptors (Lipinski definition) is 5. The Hall–Kier alpha value is -2.06. The first-order valence-corrected chi connectivity index (χ1v) is 8.27. The molecule has 9 heteroatoms. The van der Waals surface area contributed by atoms with Crippen LogP contribution in [0, 0.1) is 0 Å². The SMILES string of the molecule is O=C(NC1COc2ccc(S(=O)(=O)Cl)cc21)c1cn[nH]c1. The first-order valence-electron chi connectivity index (χ1n) is 5.96.